The first-order valence-corrected chi connectivity index (χ1v) is 7.70. The van der Waals surface area contributed by atoms with Gasteiger partial charge in [0, 0.05) is 18.5 Å². The van der Waals surface area contributed by atoms with E-state index < -0.39 is 11.3 Å². The lowest BCUT2D eigenvalue weighted by molar-refractivity contribution is -0.123. The number of carbonyl (C=O) groups is 3. The fraction of sp³-hybridized carbons (Fsp3) is 0.471. The molecule has 0 fully saturated rings. The Bertz CT molecular complexity index is 665. The Morgan fingerprint density at radius 3 is 2.08 bits per heavy atom. The van der Waals surface area contributed by atoms with E-state index in [0.717, 1.165) is 0 Å². The molecule has 0 aliphatic heterocycles. The number of hydrogen-bond acceptors (Lipinski definition) is 5. The molecule has 25 heavy (non-hydrogen) atoms. The van der Waals surface area contributed by atoms with Crippen LogP contribution in [0.5, 0.6) is 11.5 Å². The van der Waals surface area contributed by atoms with Gasteiger partial charge in [-0.2, -0.15) is 0 Å². The van der Waals surface area contributed by atoms with Crippen LogP contribution in [-0.2, 0) is 9.59 Å². The van der Waals surface area contributed by atoms with E-state index in [2.05, 4.69) is 16.0 Å². The molecule has 0 bridgehead atoms. The predicted molar refractivity (Wildman–Crippen MR) is 94.0 cm³/mol. The fourth-order valence-electron chi connectivity index (χ4n) is 1.82. The van der Waals surface area contributed by atoms with Crippen LogP contribution in [0, 0.1) is 5.41 Å². The van der Waals surface area contributed by atoms with E-state index in [1.165, 1.54) is 33.4 Å². The van der Waals surface area contributed by atoms with Crippen LogP contribution < -0.4 is 25.4 Å². The molecule has 0 atom stereocenters. The number of likely N-dealkylation sites (N-methyl/N-ethyl adjacent to an activating group) is 1. The minimum absolute atomic E-state index is 0.166. The number of nitrogens with one attached hydrogen (secondary N) is 3. The average molecular weight is 351 g/mol. The molecule has 138 valence electrons. The van der Waals surface area contributed by atoms with E-state index in [0.29, 0.717) is 11.5 Å². The van der Waals surface area contributed by atoms with Crippen molar-refractivity contribution in [2.24, 2.45) is 5.41 Å². The van der Waals surface area contributed by atoms with Gasteiger partial charge in [-0.15, -0.1) is 0 Å². The van der Waals surface area contributed by atoms with Crippen LogP contribution in [0.15, 0.2) is 12.1 Å². The van der Waals surface area contributed by atoms with Crippen molar-refractivity contribution in [3.8, 4) is 11.5 Å². The number of anilines is 1. The fourth-order valence-corrected chi connectivity index (χ4v) is 1.82. The minimum atomic E-state index is -0.650. The van der Waals surface area contributed by atoms with Crippen LogP contribution in [0.2, 0.25) is 0 Å². The summed E-state index contributed by atoms with van der Waals surface area (Å²) in [5.41, 5.74) is -0.214. The van der Waals surface area contributed by atoms with Gasteiger partial charge in [-0.1, -0.05) is 20.8 Å². The van der Waals surface area contributed by atoms with Crippen molar-refractivity contribution < 1.29 is 23.9 Å². The number of amides is 3. The summed E-state index contributed by atoms with van der Waals surface area (Å²) >= 11 is 0. The van der Waals surface area contributed by atoms with E-state index in [-0.39, 0.29) is 29.6 Å². The van der Waals surface area contributed by atoms with Crippen molar-refractivity contribution >= 4 is 23.4 Å². The van der Waals surface area contributed by atoms with E-state index >= 15 is 0 Å². The van der Waals surface area contributed by atoms with Gasteiger partial charge in [0.1, 0.15) is 0 Å². The predicted octanol–water partition coefficient (Wildman–Crippen LogP) is 1.16. The molecule has 1 rings (SSSR count). The molecule has 0 unspecified atom stereocenters. The van der Waals surface area contributed by atoms with Crippen LogP contribution in [0.25, 0.3) is 0 Å². The van der Waals surface area contributed by atoms with Gasteiger partial charge in [-0.05, 0) is 6.07 Å². The molecule has 0 saturated heterocycles. The molecule has 3 N–H and O–H groups in total. The third-order valence-corrected chi connectivity index (χ3v) is 3.39. The maximum absolute atomic E-state index is 12.4. The molecule has 1 aromatic carbocycles. The summed E-state index contributed by atoms with van der Waals surface area (Å²) in [5.74, 6) is -0.418. The largest absolute Gasteiger partial charge is 0.493 e. The lowest BCUT2D eigenvalue weighted by Gasteiger charge is -2.20. The second-order valence-electron chi connectivity index (χ2n) is 6.31. The molecule has 0 heterocycles. The van der Waals surface area contributed by atoms with Crippen LogP contribution in [-0.4, -0.2) is 45.5 Å². The zero-order chi connectivity index (χ0) is 19.2. The van der Waals surface area contributed by atoms with E-state index in [9.17, 15) is 14.4 Å². The second-order valence-corrected chi connectivity index (χ2v) is 6.31. The molecular weight excluding hydrogens is 326 g/mol. The highest BCUT2D eigenvalue weighted by molar-refractivity contribution is 6.06. The highest BCUT2D eigenvalue weighted by Gasteiger charge is 2.25. The Kier molecular flexibility index (Phi) is 6.78. The molecule has 8 nitrogen and oxygen atoms in total. The van der Waals surface area contributed by atoms with Gasteiger partial charge in [0.25, 0.3) is 5.91 Å². The van der Waals surface area contributed by atoms with Crippen molar-refractivity contribution in [1.82, 2.24) is 10.6 Å². The number of rotatable bonds is 6. The number of ether oxygens (including phenoxy) is 2. The Balaban J connectivity index is 3.24. The van der Waals surface area contributed by atoms with Crippen molar-refractivity contribution in [2.75, 3.05) is 33.1 Å². The monoisotopic (exact) mass is 351 g/mol. The Morgan fingerprint density at radius 2 is 1.60 bits per heavy atom. The molecule has 0 aromatic heterocycles. The maximum atomic E-state index is 12.4. The van der Waals surface area contributed by atoms with Crippen LogP contribution in [0.3, 0.4) is 0 Å². The Labute approximate surface area is 147 Å². The van der Waals surface area contributed by atoms with Gasteiger partial charge in [-0.3, -0.25) is 14.4 Å². The topological polar surface area (TPSA) is 106 Å². The standard InChI is InChI=1S/C17H25N3O5/c1-17(2,3)16(23)20-11-8-13(25-6)12(24-5)7-10(11)15(22)19-9-14(21)18-4/h7-8H,9H2,1-6H3,(H,18,21)(H,19,22)(H,20,23). The highest BCUT2D eigenvalue weighted by Crippen LogP contribution is 2.34. The number of carbonyl (C=O) groups excluding carboxylic acids is 3. The second kappa shape index (κ2) is 8.36. The first kappa shape index (κ1) is 20.3. The summed E-state index contributed by atoms with van der Waals surface area (Å²) in [6.45, 7) is 5.09. The quantitative estimate of drug-likeness (QED) is 0.713. The molecule has 0 aliphatic rings. The summed E-state index contributed by atoms with van der Waals surface area (Å²) in [5, 5.41) is 7.63. The van der Waals surface area contributed by atoms with E-state index in [4.69, 9.17) is 9.47 Å². The molecular formula is C17H25N3O5. The molecule has 8 heteroatoms. The number of hydrogen-bond donors (Lipinski definition) is 3. The molecule has 0 saturated carbocycles. The van der Waals surface area contributed by atoms with Crippen molar-refractivity contribution in [3.63, 3.8) is 0 Å². The maximum Gasteiger partial charge on any atom is 0.253 e. The van der Waals surface area contributed by atoms with Gasteiger partial charge < -0.3 is 25.4 Å². The SMILES string of the molecule is CNC(=O)CNC(=O)c1cc(OC)c(OC)cc1NC(=O)C(C)(C)C. The molecule has 0 radical (unpaired) electrons. The summed E-state index contributed by atoms with van der Waals surface area (Å²) in [6.07, 6.45) is 0. The highest BCUT2D eigenvalue weighted by atomic mass is 16.5. The van der Waals surface area contributed by atoms with E-state index in [1.807, 2.05) is 0 Å². The molecule has 0 aliphatic carbocycles. The third kappa shape index (κ3) is 5.37. The van der Waals surface area contributed by atoms with Gasteiger partial charge >= 0.3 is 0 Å². The Morgan fingerprint density at radius 1 is 1.04 bits per heavy atom. The number of benzene rings is 1. The van der Waals surface area contributed by atoms with Crippen molar-refractivity contribution in [1.29, 1.82) is 0 Å². The first-order valence-electron chi connectivity index (χ1n) is 7.70. The van der Waals surface area contributed by atoms with Gasteiger partial charge in [-0.25, -0.2) is 0 Å². The van der Waals surface area contributed by atoms with Gasteiger partial charge in [0.05, 0.1) is 32.0 Å². The minimum Gasteiger partial charge on any atom is -0.493 e. The van der Waals surface area contributed by atoms with Crippen LogP contribution >= 0.6 is 0 Å². The number of methoxy groups -OCH3 is 2. The Hall–Kier alpha value is -2.77. The smallest absolute Gasteiger partial charge is 0.253 e. The summed E-state index contributed by atoms with van der Waals surface area (Å²) in [6, 6.07) is 2.97. The van der Waals surface area contributed by atoms with Gasteiger partial charge in [0.2, 0.25) is 11.8 Å². The van der Waals surface area contributed by atoms with Crippen molar-refractivity contribution in [2.45, 2.75) is 20.8 Å². The normalized spacial score (nSPS) is 10.6. The van der Waals surface area contributed by atoms with Crippen molar-refractivity contribution in [3.05, 3.63) is 17.7 Å². The van der Waals surface area contributed by atoms with Crippen LogP contribution in [0.4, 0.5) is 5.69 Å². The van der Waals surface area contributed by atoms with Crippen LogP contribution in [0.1, 0.15) is 31.1 Å². The first-order chi connectivity index (χ1) is 11.6. The summed E-state index contributed by atoms with van der Waals surface area (Å²) in [7, 11) is 4.37. The molecule has 3 amide bonds. The summed E-state index contributed by atoms with van der Waals surface area (Å²) in [4.78, 5) is 36.1. The average Bonchev–Trinajstić information content (AvgIpc) is 2.57. The van der Waals surface area contributed by atoms with Gasteiger partial charge in [0.15, 0.2) is 11.5 Å². The lowest BCUT2D eigenvalue weighted by atomic mass is 9.95. The van der Waals surface area contributed by atoms with E-state index in [1.54, 1.807) is 20.8 Å². The lowest BCUT2D eigenvalue weighted by Crippen LogP contribution is -2.36. The zero-order valence-corrected chi connectivity index (χ0v) is 15.4. The summed E-state index contributed by atoms with van der Waals surface area (Å²) < 4.78 is 10.4. The molecule has 1 aromatic rings. The zero-order valence-electron chi connectivity index (χ0n) is 15.4. The molecule has 0 spiro atoms. The third-order valence-electron chi connectivity index (χ3n) is 3.39.